The van der Waals surface area contributed by atoms with Crippen molar-refractivity contribution in [2.45, 2.75) is 77.9 Å². The minimum absolute atomic E-state index is 0.238. The van der Waals surface area contributed by atoms with Crippen LogP contribution < -0.4 is 5.73 Å². The Labute approximate surface area is 129 Å². The first kappa shape index (κ1) is 18.4. The van der Waals surface area contributed by atoms with E-state index in [9.17, 15) is 4.79 Å². The van der Waals surface area contributed by atoms with Gasteiger partial charge in [0.15, 0.2) is 6.10 Å². The second-order valence-corrected chi connectivity index (χ2v) is 6.62. The Hall–Kier alpha value is -0.610. The molecule has 0 saturated heterocycles. The van der Waals surface area contributed by atoms with Gasteiger partial charge < -0.3 is 15.2 Å². The van der Waals surface area contributed by atoms with Crippen LogP contribution >= 0.6 is 0 Å². The molecule has 1 fully saturated rings. The van der Waals surface area contributed by atoms with E-state index in [4.69, 9.17) is 15.2 Å². The lowest BCUT2D eigenvalue weighted by Gasteiger charge is -2.42. The van der Waals surface area contributed by atoms with E-state index in [-0.39, 0.29) is 11.6 Å². The molecule has 0 spiro atoms. The molecular weight excluding hydrogens is 266 g/mol. The van der Waals surface area contributed by atoms with Crippen molar-refractivity contribution in [3.8, 4) is 0 Å². The summed E-state index contributed by atoms with van der Waals surface area (Å²) in [7, 11) is 0. The maximum atomic E-state index is 12.0. The summed E-state index contributed by atoms with van der Waals surface area (Å²) < 4.78 is 11.4. The van der Waals surface area contributed by atoms with Crippen LogP contribution in [0.3, 0.4) is 0 Å². The van der Waals surface area contributed by atoms with Crippen molar-refractivity contribution in [1.82, 2.24) is 0 Å². The van der Waals surface area contributed by atoms with Crippen molar-refractivity contribution in [3.63, 3.8) is 0 Å². The van der Waals surface area contributed by atoms with Crippen LogP contribution in [-0.2, 0) is 14.3 Å². The van der Waals surface area contributed by atoms with Gasteiger partial charge in [0.05, 0.1) is 12.2 Å². The fourth-order valence-corrected chi connectivity index (χ4v) is 3.23. The molecule has 21 heavy (non-hydrogen) atoms. The van der Waals surface area contributed by atoms with Gasteiger partial charge in [-0.15, -0.1) is 0 Å². The van der Waals surface area contributed by atoms with E-state index < -0.39 is 6.10 Å². The van der Waals surface area contributed by atoms with Crippen molar-refractivity contribution < 1.29 is 14.3 Å². The largest absolute Gasteiger partial charge is 0.464 e. The van der Waals surface area contributed by atoms with Crippen molar-refractivity contribution in [2.75, 3.05) is 13.2 Å². The molecular formula is C17H33NO3. The molecule has 124 valence electrons. The highest BCUT2D eigenvalue weighted by Gasteiger charge is 2.39. The molecule has 1 unspecified atom stereocenters. The summed E-state index contributed by atoms with van der Waals surface area (Å²) in [6.07, 6.45) is 5.31. The zero-order valence-corrected chi connectivity index (χ0v) is 14.2. The van der Waals surface area contributed by atoms with Crippen molar-refractivity contribution in [2.24, 2.45) is 17.6 Å². The van der Waals surface area contributed by atoms with E-state index in [2.05, 4.69) is 20.8 Å². The highest BCUT2D eigenvalue weighted by Crippen LogP contribution is 2.38. The van der Waals surface area contributed by atoms with Gasteiger partial charge in [0.1, 0.15) is 0 Å². The molecule has 0 aromatic carbocycles. The zero-order valence-electron chi connectivity index (χ0n) is 14.2. The molecule has 0 bridgehead atoms. The van der Waals surface area contributed by atoms with Crippen LogP contribution in [0.5, 0.6) is 0 Å². The van der Waals surface area contributed by atoms with Gasteiger partial charge in [0.2, 0.25) is 0 Å². The zero-order chi connectivity index (χ0) is 15.9. The molecule has 1 aliphatic rings. The standard InChI is InChI=1S/C17H33NO3/c1-5-7-15(16(19)20-6-2)21-17(12-18)10-8-14(9-11-17)13(3)4/h13-15H,5-12,18H2,1-4H3. The van der Waals surface area contributed by atoms with Crippen molar-refractivity contribution >= 4 is 5.97 Å². The number of nitrogens with two attached hydrogens (primary N) is 1. The Morgan fingerprint density at radius 1 is 1.29 bits per heavy atom. The van der Waals surface area contributed by atoms with Gasteiger partial charge in [-0.3, -0.25) is 0 Å². The average molecular weight is 299 g/mol. The Kier molecular flexibility index (Phi) is 7.67. The first-order valence-corrected chi connectivity index (χ1v) is 8.52. The lowest BCUT2D eigenvalue weighted by Crippen LogP contribution is -2.48. The van der Waals surface area contributed by atoms with Gasteiger partial charge in [-0.05, 0) is 50.9 Å². The van der Waals surface area contributed by atoms with E-state index in [1.807, 2.05) is 6.92 Å². The number of carbonyl (C=O) groups excluding carboxylic acids is 1. The van der Waals surface area contributed by atoms with E-state index in [1.165, 1.54) is 0 Å². The minimum atomic E-state index is -0.464. The molecule has 1 saturated carbocycles. The summed E-state index contributed by atoms with van der Waals surface area (Å²) in [5.41, 5.74) is 5.67. The molecule has 0 aromatic heterocycles. The third-order valence-electron chi connectivity index (χ3n) is 4.75. The summed E-state index contributed by atoms with van der Waals surface area (Å²) in [4.78, 5) is 12.0. The van der Waals surface area contributed by atoms with Gasteiger partial charge in [0, 0.05) is 6.54 Å². The molecule has 4 heteroatoms. The smallest absolute Gasteiger partial charge is 0.335 e. The molecule has 0 radical (unpaired) electrons. The second kappa shape index (κ2) is 8.74. The fourth-order valence-electron chi connectivity index (χ4n) is 3.23. The molecule has 0 heterocycles. The van der Waals surface area contributed by atoms with Crippen LogP contribution in [0, 0.1) is 11.8 Å². The molecule has 0 aromatic rings. The van der Waals surface area contributed by atoms with Gasteiger partial charge in [-0.2, -0.15) is 0 Å². The lowest BCUT2D eigenvalue weighted by atomic mass is 9.74. The number of ether oxygens (including phenoxy) is 2. The van der Waals surface area contributed by atoms with Crippen LogP contribution in [0.4, 0.5) is 0 Å². The highest BCUT2D eigenvalue weighted by molar-refractivity contribution is 5.74. The first-order chi connectivity index (χ1) is 9.98. The lowest BCUT2D eigenvalue weighted by molar-refractivity contribution is -0.175. The van der Waals surface area contributed by atoms with Gasteiger partial charge in [0.25, 0.3) is 0 Å². The quantitative estimate of drug-likeness (QED) is 0.699. The number of carbonyl (C=O) groups is 1. The van der Waals surface area contributed by atoms with Crippen LogP contribution in [0.2, 0.25) is 0 Å². The summed E-state index contributed by atoms with van der Waals surface area (Å²) in [6.45, 7) is 9.32. The Bertz CT molecular complexity index is 309. The Morgan fingerprint density at radius 3 is 2.33 bits per heavy atom. The van der Waals surface area contributed by atoms with Gasteiger partial charge in [-0.25, -0.2) is 4.79 Å². The van der Waals surface area contributed by atoms with Crippen LogP contribution in [0.1, 0.15) is 66.2 Å². The van der Waals surface area contributed by atoms with Crippen LogP contribution in [-0.4, -0.2) is 30.8 Å². The molecule has 1 rings (SSSR count). The average Bonchev–Trinajstić information content (AvgIpc) is 2.47. The van der Waals surface area contributed by atoms with Gasteiger partial charge >= 0.3 is 5.97 Å². The monoisotopic (exact) mass is 299 g/mol. The molecule has 1 aliphatic carbocycles. The molecule has 2 N–H and O–H groups in total. The summed E-state index contributed by atoms with van der Waals surface area (Å²) >= 11 is 0. The molecule has 1 atom stereocenters. The maximum absolute atomic E-state index is 12.0. The van der Waals surface area contributed by atoms with E-state index in [0.29, 0.717) is 25.5 Å². The highest BCUT2D eigenvalue weighted by atomic mass is 16.6. The Balaban J connectivity index is 2.68. The van der Waals surface area contributed by atoms with Gasteiger partial charge in [-0.1, -0.05) is 27.2 Å². The molecule has 0 amide bonds. The normalized spacial score (nSPS) is 27.6. The van der Waals surface area contributed by atoms with Crippen molar-refractivity contribution in [1.29, 1.82) is 0 Å². The number of hydrogen-bond donors (Lipinski definition) is 1. The predicted molar refractivity (Wildman–Crippen MR) is 85.0 cm³/mol. The molecule has 0 aliphatic heterocycles. The van der Waals surface area contributed by atoms with E-state index in [0.717, 1.165) is 38.0 Å². The van der Waals surface area contributed by atoms with Crippen molar-refractivity contribution in [3.05, 3.63) is 0 Å². The number of esters is 1. The summed E-state index contributed by atoms with van der Waals surface area (Å²) in [5.74, 6) is 1.22. The number of hydrogen-bond acceptors (Lipinski definition) is 4. The Morgan fingerprint density at radius 2 is 1.90 bits per heavy atom. The first-order valence-electron chi connectivity index (χ1n) is 8.52. The predicted octanol–water partition coefficient (Wildman–Crippen LogP) is 3.28. The summed E-state index contributed by atoms with van der Waals surface area (Å²) in [5, 5.41) is 0. The van der Waals surface area contributed by atoms with E-state index in [1.54, 1.807) is 0 Å². The van der Waals surface area contributed by atoms with Crippen LogP contribution in [0.15, 0.2) is 0 Å². The third kappa shape index (κ3) is 5.26. The topological polar surface area (TPSA) is 61.5 Å². The maximum Gasteiger partial charge on any atom is 0.335 e. The minimum Gasteiger partial charge on any atom is -0.464 e. The SMILES string of the molecule is CCCC(OC1(CN)CCC(C(C)C)CC1)C(=O)OCC. The second-order valence-electron chi connectivity index (χ2n) is 6.62. The van der Waals surface area contributed by atoms with E-state index >= 15 is 0 Å². The fraction of sp³-hybridized carbons (Fsp3) is 0.941. The number of rotatable bonds is 8. The third-order valence-corrected chi connectivity index (χ3v) is 4.75. The molecule has 4 nitrogen and oxygen atoms in total. The van der Waals surface area contributed by atoms with Crippen LogP contribution in [0.25, 0.3) is 0 Å². The summed E-state index contributed by atoms with van der Waals surface area (Å²) in [6, 6.07) is 0.